The molecule has 2 aromatic carbocycles. The van der Waals surface area contributed by atoms with Gasteiger partial charge in [0.25, 0.3) is 0 Å². The second kappa shape index (κ2) is 14.8. The molecule has 260 valence electrons. The number of aliphatic imine (C=N–C) groups is 1. The first-order valence-corrected chi connectivity index (χ1v) is 16.1. The van der Waals surface area contributed by atoms with Crippen LogP contribution in [0.15, 0.2) is 52.0 Å². The summed E-state index contributed by atoms with van der Waals surface area (Å²) in [5.74, 6) is -0.0647. The lowest BCUT2D eigenvalue weighted by atomic mass is 9.96. The first-order valence-electron chi connectivity index (χ1n) is 16.1. The topological polar surface area (TPSA) is 119 Å². The zero-order valence-corrected chi connectivity index (χ0v) is 28.5. The molecule has 1 saturated heterocycles. The van der Waals surface area contributed by atoms with E-state index < -0.39 is 41.2 Å². The Balaban J connectivity index is 1.57. The zero-order valence-electron chi connectivity index (χ0n) is 28.5. The van der Waals surface area contributed by atoms with E-state index in [2.05, 4.69) is 27.4 Å². The Kier molecular flexibility index (Phi) is 11.2. The largest absolute Gasteiger partial charge is 0.444 e. The average Bonchev–Trinajstić information content (AvgIpc) is 3.64. The second-order valence-corrected chi connectivity index (χ2v) is 13.8. The molecule has 1 N–H and O–H groups in total. The van der Waals surface area contributed by atoms with Gasteiger partial charge in [0.05, 0.1) is 5.56 Å². The van der Waals surface area contributed by atoms with E-state index in [1.807, 2.05) is 24.3 Å². The van der Waals surface area contributed by atoms with Gasteiger partial charge in [-0.15, -0.1) is 4.99 Å². The minimum Gasteiger partial charge on any atom is -0.444 e. The molecule has 4 rings (SSSR count). The number of aromatic nitrogens is 2. The number of benzene rings is 2. The van der Waals surface area contributed by atoms with Crippen LogP contribution in [-0.4, -0.2) is 50.9 Å². The molecule has 1 fully saturated rings. The number of ether oxygens (including phenoxy) is 2. The highest BCUT2D eigenvalue weighted by atomic mass is 19.4. The standard InChI is InChI=1S/C35H44F3N5O5/c1-8-10-22-12-14-23(15-13-22)16-17-24-18-19-25(21-26(24)35(36,37)38)28-39-29(48-42-28)27-11-9-20-43(27)30(40-31(44)46-33(2,3)4)41-32(45)47-34(5,6)7/h12-15,18-19,21,27H,8-11,16-17,20H2,1-7H3,(H,40,41,44,45)/t27-/m0/s1. The van der Waals surface area contributed by atoms with E-state index in [1.165, 1.54) is 11.6 Å². The maximum absolute atomic E-state index is 14.2. The van der Waals surface area contributed by atoms with Crippen LogP contribution in [0.4, 0.5) is 22.8 Å². The summed E-state index contributed by atoms with van der Waals surface area (Å²) in [5.41, 5.74) is 0.0603. The Hall–Kier alpha value is -4.42. The molecule has 0 radical (unpaired) electrons. The van der Waals surface area contributed by atoms with E-state index in [9.17, 15) is 22.8 Å². The molecule has 2 amide bonds. The molecule has 48 heavy (non-hydrogen) atoms. The number of guanidine groups is 1. The molecule has 0 aliphatic carbocycles. The molecule has 10 nitrogen and oxygen atoms in total. The van der Waals surface area contributed by atoms with Gasteiger partial charge >= 0.3 is 18.4 Å². The van der Waals surface area contributed by atoms with Crippen molar-refractivity contribution in [1.29, 1.82) is 0 Å². The number of aryl methyl sites for hydroxylation is 3. The van der Waals surface area contributed by atoms with E-state index in [0.29, 0.717) is 25.8 Å². The van der Waals surface area contributed by atoms with Crippen LogP contribution in [0.3, 0.4) is 0 Å². The normalized spacial score (nSPS) is 15.8. The van der Waals surface area contributed by atoms with Crippen LogP contribution in [0.25, 0.3) is 11.4 Å². The minimum atomic E-state index is -4.59. The lowest BCUT2D eigenvalue weighted by molar-refractivity contribution is -0.138. The van der Waals surface area contributed by atoms with Crippen LogP contribution in [0.2, 0.25) is 0 Å². The first kappa shape index (κ1) is 36.4. The van der Waals surface area contributed by atoms with Crippen molar-refractivity contribution >= 4 is 18.1 Å². The van der Waals surface area contributed by atoms with Gasteiger partial charge in [0.15, 0.2) is 0 Å². The third kappa shape index (κ3) is 10.3. The maximum Gasteiger partial charge on any atom is 0.437 e. The Morgan fingerprint density at radius 1 is 0.958 bits per heavy atom. The van der Waals surface area contributed by atoms with Gasteiger partial charge < -0.3 is 18.9 Å². The highest BCUT2D eigenvalue weighted by Crippen LogP contribution is 2.37. The first-order chi connectivity index (χ1) is 22.4. The summed E-state index contributed by atoms with van der Waals surface area (Å²) < 4.78 is 59.0. The molecule has 0 unspecified atom stereocenters. The summed E-state index contributed by atoms with van der Waals surface area (Å²) in [5, 5.41) is 6.52. The van der Waals surface area contributed by atoms with Gasteiger partial charge in [-0.2, -0.15) is 18.2 Å². The molecular weight excluding hydrogens is 627 g/mol. The number of hydrogen-bond donors (Lipinski definition) is 1. The fourth-order valence-corrected chi connectivity index (χ4v) is 5.33. The summed E-state index contributed by atoms with van der Waals surface area (Å²) in [6.45, 7) is 12.6. The molecule has 0 bridgehead atoms. The van der Waals surface area contributed by atoms with Gasteiger partial charge in [0.1, 0.15) is 17.2 Å². The van der Waals surface area contributed by atoms with E-state index in [4.69, 9.17) is 14.0 Å². The van der Waals surface area contributed by atoms with Gasteiger partial charge in [0.2, 0.25) is 17.7 Å². The summed E-state index contributed by atoms with van der Waals surface area (Å²) in [7, 11) is 0. The van der Waals surface area contributed by atoms with E-state index >= 15 is 0 Å². The Bertz CT molecular complexity index is 1600. The van der Waals surface area contributed by atoms with Crippen LogP contribution in [0, 0.1) is 0 Å². The fourth-order valence-electron chi connectivity index (χ4n) is 5.33. The molecule has 0 spiro atoms. The Morgan fingerprint density at radius 3 is 2.21 bits per heavy atom. The highest BCUT2D eigenvalue weighted by Gasteiger charge is 2.37. The van der Waals surface area contributed by atoms with Crippen LogP contribution >= 0.6 is 0 Å². The number of carbonyl (C=O) groups is 2. The molecule has 2 heterocycles. The van der Waals surface area contributed by atoms with Crippen LogP contribution in [-0.2, 0) is 34.9 Å². The number of carbonyl (C=O) groups excluding carboxylic acids is 2. The summed E-state index contributed by atoms with van der Waals surface area (Å²) in [4.78, 5) is 35.4. The third-order valence-electron chi connectivity index (χ3n) is 7.37. The van der Waals surface area contributed by atoms with Gasteiger partial charge in [-0.1, -0.05) is 54.9 Å². The van der Waals surface area contributed by atoms with Crippen LogP contribution in [0.1, 0.15) is 102 Å². The van der Waals surface area contributed by atoms with Gasteiger partial charge in [0, 0.05) is 12.1 Å². The van der Waals surface area contributed by atoms with Gasteiger partial charge in [-0.25, -0.2) is 9.59 Å². The van der Waals surface area contributed by atoms with Crippen LogP contribution < -0.4 is 5.32 Å². The number of hydrogen-bond acceptors (Lipinski definition) is 7. The molecule has 1 aromatic heterocycles. The van der Waals surface area contributed by atoms with Crippen molar-refractivity contribution in [2.75, 3.05) is 6.54 Å². The van der Waals surface area contributed by atoms with Crippen LogP contribution in [0.5, 0.6) is 0 Å². The van der Waals surface area contributed by atoms with Crippen molar-refractivity contribution < 1.29 is 36.8 Å². The molecule has 1 atom stereocenters. The molecule has 13 heteroatoms. The van der Waals surface area contributed by atoms with E-state index in [0.717, 1.165) is 24.5 Å². The lowest BCUT2D eigenvalue weighted by Crippen LogP contribution is -2.46. The predicted octanol–water partition coefficient (Wildman–Crippen LogP) is 8.45. The fraction of sp³-hybridized carbons (Fsp3) is 0.514. The minimum absolute atomic E-state index is 0.0221. The summed E-state index contributed by atoms with van der Waals surface area (Å²) >= 11 is 0. The van der Waals surface area contributed by atoms with Crippen molar-refractivity contribution in [3.8, 4) is 11.4 Å². The molecule has 1 aliphatic heterocycles. The predicted molar refractivity (Wildman–Crippen MR) is 174 cm³/mol. The average molecular weight is 672 g/mol. The third-order valence-corrected chi connectivity index (χ3v) is 7.37. The second-order valence-electron chi connectivity index (χ2n) is 13.8. The number of halogens is 3. The summed E-state index contributed by atoms with van der Waals surface area (Å²) in [6.07, 6.45) is -2.61. The SMILES string of the molecule is CCCc1ccc(CCc2ccc(-c3noc([C@@H]4CCCN4/C(=N/C(=O)OC(C)(C)C)NC(=O)OC(C)(C)C)n3)cc2C(F)(F)F)cc1. The zero-order chi connectivity index (χ0) is 35.3. The van der Waals surface area contributed by atoms with Gasteiger partial charge in [-0.05, 0) is 96.4 Å². The van der Waals surface area contributed by atoms with Gasteiger partial charge in [-0.3, -0.25) is 5.32 Å². The Labute approximate surface area is 279 Å². The monoisotopic (exact) mass is 671 g/mol. The number of rotatable bonds is 7. The van der Waals surface area contributed by atoms with Crippen molar-refractivity contribution in [3.63, 3.8) is 0 Å². The number of amides is 2. The van der Waals surface area contributed by atoms with E-state index in [-0.39, 0.29) is 35.2 Å². The van der Waals surface area contributed by atoms with Crippen molar-refractivity contribution in [2.45, 2.75) is 110 Å². The molecular formula is C35H44F3N5O5. The quantitative estimate of drug-likeness (QED) is 0.196. The molecule has 3 aromatic rings. The van der Waals surface area contributed by atoms with Crippen molar-refractivity contribution in [3.05, 3.63) is 70.6 Å². The molecule has 0 saturated carbocycles. The van der Waals surface area contributed by atoms with E-state index in [1.54, 1.807) is 52.5 Å². The summed E-state index contributed by atoms with van der Waals surface area (Å²) in [6, 6.07) is 11.4. The van der Waals surface area contributed by atoms with Crippen molar-refractivity contribution in [2.24, 2.45) is 4.99 Å². The number of nitrogens with one attached hydrogen (secondary N) is 1. The Morgan fingerprint density at radius 2 is 1.60 bits per heavy atom. The van der Waals surface area contributed by atoms with Crippen molar-refractivity contribution in [1.82, 2.24) is 20.4 Å². The smallest absolute Gasteiger partial charge is 0.437 e. The highest BCUT2D eigenvalue weighted by molar-refractivity contribution is 5.99. The molecule has 1 aliphatic rings. The number of alkyl carbamates (subject to hydrolysis) is 1. The number of alkyl halides is 3. The lowest BCUT2D eigenvalue weighted by Gasteiger charge is -2.27. The number of likely N-dealkylation sites (tertiary alicyclic amines) is 1. The maximum atomic E-state index is 14.2. The number of nitrogens with zero attached hydrogens (tertiary/aromatic N) is 4.